The van der Waals surface area contributed by atoms with E-state index >= 15 is 0 Å². The first-order valence-corrected chi connectivity index (χ1v) is 7.31. The Morgan fingerprint density at radius 3 is 2.52 bits per heavy atom. The molecule has 3 nitrogen and oxygen atoms in total. The van der Waals surface area contributed by atoms with Gasteiger partial charge in [0.15, 0.2) is 0 Å². The summed E-state index contributed by atoms with van der Waals surface area (Å²) in [6, 6.07) is 15.2. The fourth-order valence-electron chi connectivity index (χ4n) is 2.80. The highest BCUT2D eigenvalue weighted by atomic mass is 15.3. The van der Waals surface area contributed by atoms with E-state index in [1.165, 1.54) is 27.7 Å². The second-order valence-corrected chi connectivity index (χ2v) is 5.67. The number of hydrogen-bond donors (Lipinski definition) is 1. The van der Waals surface area contributed by atoms with Crippen molar-refractivity contribution in [1.29, 1.82) is 0 Å². The van der Waals surface area contributed by atoms with Crippen LogP contribution in [0.3, 0.4) is 0 Å². The maximum atomic E-state index is 4.50. The monoisotopic (exact) mass is 279 g/mol. The molecule has 108 valence electrons. The summed E-state index contributed by atoms with van der Waals surface area (Å²) in [7, 11) is 2.00. The van der Waals surface area contributed by atoms with Crippen molar-refractivity contribution in [3.63, 3.8) is 0 Å². The lowest BCUT2D eigenvalue weighted by molar-refractivity contribution is 0.783. The standard InChI is InChI=1S/C18H21N3/c1-12-10-16-14(3)20-21(4)18(16)11-17(12)19-13(2)15-8-6-5-7-9-15/h5-11,13,19H,1-4H3/t13-/m0/s1. The molecule has 0 saturated carbocycles. The van der Waals surface area contributed by atoms with Crippen LogP contribution in [0.4, 0.5) is 5.69 Å². The number of aryl methyl sites for hydroxylation is 3. The van der Waals surface area contributed by atoms with Crippen molar-refractivity contribution >= 4 is 16.6 Å². The van der Waals surface area contributed by atoms with Crippen LogP contribution in [-0.2, 0) is 7.05 Å². The molecule has 3 rings (SSSR count). The zero-order valence-corrected chi connectivity index (χ0v) is 13.0. The molecule has 0 bridgehead atoms. The minimum Gasteiger partial charge on any atom is -0.378 e. The molecule has 3 heteroatoms. The van der Waals surface area contributed by atoms with Crippen LogP contribution < -0.4 is 5.32 Å². The van der Waals surface area contributed by atoms with Crippen LogP contribution in [0.15, 0.2) is 42.5 Å². The van der Waals surface area contributed by atoms with Crippen LogP contribution in [0.25, 0.3) is 10.9 Å². The molecule has 1 atom stereocenters. The van der Waals surface area contributed by atoms with Crippen LogP contribution in [0.1, 0.15) is 29.8 Å². The SMILES string of the molecule is Cc1cc2c(C)nn(C)c2cc1N[C@@H](C)c1ccccc1. The van der Waals surface area contributed by atoms with E-state index in [-0.39, 0.29) is 6.04 Å². The highest BCUT2D eigenvalue weighted by Gasteiger charge is 2.11. The van der Waals surface area contributed by atoms with Crippen LogP contribution in [0.2, 0.25) is 0 Å². The van der Waals surface area contributed by atoms with Crippen molar-refractivity contribution in [2.45, 2.75) is 26.8 Å². The van der Waals surface area contributed by atoms with Gasteiger partial charge in [0, 0.05) is 24.2 Å². The number of nitrogens with one attached hydrogen (secondary N) is 1. The number of benzene rings is 2. The summed E-state index contributed by atoms with van der Waals surface area (Å²) >= 11 is 0. The fourth-order valence-corrected chi connectivity index (χ4v) is 2.80. The van der Waals surface area contributed by atoms with Gasteiger partial charge in [0.05, 0.1) is 11.2 Å². The third-order valence-corrected chi connectivity index (χ3v) is 4.05. The van der Waals surface area contributed by atoms with Gasteiger partial charge in [0.2, 0.25) is 0 Å². The molecule has 0 saturated heterocycles. The smallest absolute Gasteiger partial charge is 0.0702 e. The molecule has 0 aliphatic rings. The van der Waals surface area contributed by atoms with E-state index in [0.29, 0.717) is 0 Å². The molecule has 1 N–H and O–H groups in total. The van der Waals surface area contributed by atoms with Gasteiger partial charge < -0.3 is 5.32 Å². The molecule has 0 fully saturated rings. The minimum atomic E-state index is 0.275. The Balaban J connectivity index is 1.97. The molecule has 0 aliphatic carbocycles. The van der Waals surface area contributed by atoms with Gasteiger partial charge in [-0.3, -0.25) is 4.68 Å². The number of rotatable bonds is 3. The van der Waals surface area contributed by atoms with Gasteiger partial charge in [-0.25, -0.2) is 0 Å². The Morgan fingerprint density at radius 1 is 1.10 bits per heavy atom. The number of nitrogens with zero attached hydrogens (tertiary/aromatic N) is 2. The van der Waals surface area contributed by atoms with Gasteiger partial charge in [0.25, 0.3) is 0 Å². The van der Waals surface area contributed by atoms with E-state index in [0.717, 1.165) is 5.69 Å². The van der Waals surface area contributed by atoms with E-state index in [1.807, 2.05) is 17.8 Å². The van der Waals surface area contributed by atoms with Crippen molar-refractivity contribution in [2.24, 2.45) is 7.05 Å². The Morgan fingerprint density at radius 2 is 1.81 bits per heavy atom. The minimum absolute atomic E-state index is 0.275. The Bertz CT molecular complexity index is 772. The lowest BCUT2D eigenvalue weighted by Crippen LogP contribution is -2.07. The topological polar surface area (TPSA) is 29.9 Å². The Kier molecular flexibility index (Phi) is 3.42. The predicted octanol–water partition coefficient (Wildman–Crippen LogP) is 4.36. The summed E-state index contributed by atoms with van der Waals surface area (Å²) in [6.07, 6.45) is 0. The Hall–Kier alpha value is -2.29. The van der Waals surface area contributed by atoms with Crippen LogP contribution in [0.5, 0.6) is 0 Å². The molecular formula is C18H21N3. The van der Waals surface area contributed by atoms with Crippen LogP contribution >= 0.6 is 0 Å². The number of anilines is 1. The van der Waals surface area contributed by atoms with Gasteiger partial charge in [-0.1, -0.05) is 30.3 Å². The van der Waals surface area contributed by atoms with Gasteiger partial charge in [0.1, 0.15) is 0 Å². The first-order chi connectivity index (χ1) is 10.1. The molecule has 0 aliphatic heterocycles. The quantitative estimate of drug-likeness (QED) is 0.772. The van der Waals surface area contributed by atoms with Crippen molar-refractivity contribution < 1.29 is 0 Å². The van der Waals surface area contributed by atoms with Crippen LogP contribution in [0, 0.1) is 13.8 Å². The summed E-state index contributed by atoms with van der Waals surface area (Å²) < 4.78 is 1.95. The van der Waals surface area contributed by atoms with E-state index in [4.69, 9.17) is 0 Å². The number of aromatic nitrogens is 2. The molecule has 2 aromatic carbocycles. The first kappa shape index (κ1) is 13.7. The summed E-state index contributed by atoms with van der Waals surface area (Å²) in [4.78, 5) is 0. The average molecular weight is 279 g/mol. The van der Waals surface area contributed by atoms with Crippen molar-refractivity contribution in [1.82, 2.24) is 9.78 Å². The van der Waals surface area contributed by atoms with Crippen molar-refractivity contribution in [3.05, 3.63) is 59.3 Å². The van der Waals surface area contributed by atoms with Gasteiger partial charge in [-0.15, -0.1) is 0 Å². The highest BCUT2D eigenvalue weighted by molar-refractivity contribution is 5.86. The molecule has 0 spiro atoms. The number of fused-ring (bicyclic) bond motifs is 1. The van der Waals surface area contributed by atoms with E-state index in [2.05, 4.69) is 67.6 Å². The molecule has 1 heterocycles. The summed E-state index contributed by atoms with van der Waals surface area (Å²) in [6.45, 7) is 6.39. The molecular weight excluding hydrogens is 258 g/mol. The maximum Gasteiger partial charge on any atom is 0.0702 e. The lowest BCUT2D eigenvalue weighted by atomic mass is 10.1. The molecule has 1 aromatic heterocycles. The summed E-state index contributed by atoms with van der Waals surface area (Å²) in [5.74, 6) is 0. The van der Waals surface area contributed by atoms with Gasteiger partial charge in [-0.05, 0) is 44.0 Å². The summed E-state index contributed by atoms with van der Waals surface area (Å²) in [5, 5.41) is 9.34. The molecule has 3 aromatic rings. The maximum absolute atomic E-state index is 4.50. The average Bonchev–Trinajstić information content (AvgIpc) is 2.75. The predicted molar refractivity (Wildman–Crippen MR) is 88.7 cm³/mol. The molecule has 0 amide bonds. The van der Waals surface area contributed by atoms with E-state index in [9.17, 15) is 0 Å². The van der Waals surface area contributed by atoms with Gasteiger partial charge in [-0.2, -0.15) is 5.10 Å². The van der Waals surface area contributed by atoms with E-state index < -0.39 is 0 Å². The number of hydrogen-bond acceptors (Lipinski definition) is 2. The summed E-state index contributed by atoms with van der Waals surface area (Å²) in [5.41, 5.74) is 5.96. The molecule has 0 radical (unpaired) electrons. The third kappa shape index (κ3) is 2.51. The Labute approximate surface area is 125 Å². The first-order valence-electron chi connectivity index (χ1n) is 7.31. The molecule has 0 unspecified atom stereocenters. The lowest BCUT2D eigenvalue weighted by Gasteiger charge is -2.18. The van der Waals surface area contributed by atoms with Crippen molar-refractivity contribution in [2.75, 3.05) is 5.32 Å². The second-order valence-electron chi connectivity index (χ2n) is 5.67. The van der Waals surface area contributed by atoms with Gasteiger partial charge >= 0.3 is 0 Å². The highest BCUT2D eigenvalue weighted by Crippen LogP contribution is 2.28. The second kappa shape index (κ2) is 5.24. The zero-order chi connectivity index (χ0) is 15.0. The molecule has 21 heavy (non-hydrogen) atoms. The largest absolute Gasteiger partial charge is 0.378 e. The van der Waals surface area contributed by atoms with Crippen molar-refractivity contribution in [3.8, 4) is 0 Å². The zero-order valence-electron chi connectivity index (χ0n) is 13.0. The van der Waals surface area contributed by atoms with Crippen LogP contribution in [-0.4, -0.2) is 9.78 Å². The van der Waals surface area contributed by atoms with E-state index in [1.54, 1.807) is 0 Å². The fraction of sp³-hybridized carbons (Fsp3) is 0.278. The normalized spacial score (nSPS) is 12.6. The third-order valence-electron chi connectivity index (χ3n) is 4.05.